The summed E-state index contributed by atoms with van der Waals surface area (Å²) in [7, 11) is 0. The predicted octanol–water partition coefficient (Wildman–Crippen LogP) is 5.65. The van der Waals surface area contributed by atoms with Crippen LogP contribution < -0.4 is 5.73 Å². The average molecular weight is 301 g/mol. The molecule has 120 valence electrons. The number of allylic oxidation sites excluding steroid dienone is 1. The summed E-state index contributed by atoms with van der Waals surface area (Å²) in [6, 6.07) is 5.41. The van der Waals surface area contributed by atoms with Gasteiger partial charge in [-0.3, -0.25) is 0 Å². The van der Waals surface area contributed by atoms with Crippen molar-refractivity contribution in [2.75, 3.05) is 0 Å². The highest BCUT2D eigenvalue weighted by Crippen LogP contribution is 2.31. The Morgan fingerprint density at radius 3 is 1.95 bits per heavy atom. The first kappa shape index (κ1) is 19.7. The van der Waals surface area contributed by atoms with E-state index in [9.17, 15) is 13.2 Å². The molecule has 1 unspecified atom stereocenters. The largest absolute Gasteiger partial charge is 0.416 e. The van der Waals surface area contributed by atoms with Crippen molar-refractivity contribution < 1.29 is 13.2 Å². The number of rotatable bonds is 1. The molecule has 1 atom stereocenters. The minimum Gasteiger partial charge on any atom is -0.327 e. The van der Waals surface area contributed by atoms with Crippen LogP contribution in [0.15, 0.2) is 30.3 Å². The van der Waals surface area contributed by atoms with Crippen molar-refractivity contribution >= 4 is 5.57 Å². The third-order valence-electron chi connectivity index (χ3n) is 2.99. The summed E-state index contributed by atoms with van der Waals surface area (Å²) in [5, 5.41) is 0. The molecule has 2 rings (SSSR count). The van der Waals surface area contributed by atoms with Gasteiger partial charge in [0, 0.05) is 6.04 Å². The Labute approximate surface area is 126 Å². The fourth-order valence-corrected chi connectivity index (χ4v) is 2.05. The lowest BCUT2D eigenvalue weighted by molar-refractivity contribution is -0.137. The normalized spacial score (nSPS) is 17.7. The third-order valence-corrected chi connectivity index (χ3v) is 2.99. The van der Waals surface area contributed by atoms with Gasteiger partial charge >= 0.3 is 6.18 Å². The van der Waals surface area contributed by atoms with Crippen molar-refractivity contribution in [3.05, 3.63) is 41.5 Å². The fourth-order valence-electron chi connectivity index (χ4n) is 2.05. The highest BCUT2D eigenvalue weighted by atomic mass is 19.4. The van der Waals surface area contributed by atoms with Gasteiger partial charge < -0.3 is 5.73 Å². The first-order chi connectivity index (χ1) is 9.97. The van der Waals surface area contributed by atoms with E-state index >= 15 is 0 Å². The molecule has 0 bridgehead atoms. The lowest BCUT2D eigenvalue weighted by Gasteiger charge is -2.19. The van der Waals surface area contributed by atoms with Gasteiger partial charge in [-0.25, -0.2) is 0 Å². The quantitative estimate of drug-likeness (QED) is 0.712. The topological polar surface area (TPSA) is 26.0 Å². The molecule has 0 spiro atoms. The lowest BCUT2D eigenvalue weighted by Crippen LogP contribution is -2.22. The molecule has 0 aromatic heterocycles. The van der Waals surface area contributed by atoms with Gasteiger partial charge in [0.2, 0.25) is 0 Å². The molecular weight excluding hydrogens is 275 g/mol. The van der Waals surface area contributed by atoms with Gasteiger partial charge in [-0.15, -0.1) is 0 Å². The molecule has 4 heteroatoms. The number of benzene rings is 1. The summed E-state index contributed by atoms with van der Waals surface area (Å²) in [5.74, 6) is 0. The molecule has 0 radical (unpaired) electrons. The van der Waals surface area contributed by atoms with Gasteiger partial charge in [-0.05, 0) is 42.5 Å². The van der Waals surface area contributed by atoms with Crippen LogP contribution in [0.4, 0.5) is 13.2 Å². The van der Waals surface area contributed by atoms with Crippen molar-refractivity contribution in [3.8, 4) is 0 Å². The molecule has 1 aromatic rings. The van der Waals surface area contributed by atoms with Gasteiger partial charge in [0.15, 0.2) is 0 Å². The molecule has 1 aliphatic rings. The molecule has 0 heterocycles. The molecule has 0 saturated carbocycles. The van der Waals surface area contributed by atoms with Gasteiger partial charge in [0.05, 0.1) is 5.56 Å². The van der Waals surface area contributed by atoms with E-state index in [1.54, 1.807) is 0 Å². The van der Waals surface area contributed by atoms with Crippen LogP contribution in [0.3, 0.4) is 0 Å². The summed E-state index contributed by atoms with van der Waals surface area (Å²) in [6.45, 7) is 8.00. The highest BCUT2D eigenvalue weighted by molar-refractivity contribution is 5.67. The van der Waals surface area contributed by atoms with E-state index < -0.39 is 11.7 Å². The molecule has 0 saturated heterocycles. The van der Waals surface area contributed by atoms with Gasteiger partial charge in [-0.2, -0.15) is 13.2 Å². The van der Waals surface area contributed by atoms with Crippen molar-refractivity contribution in [1.29, 1.82) is 0 Å². The summed E-state index contributed by atoms with van der Waals surface area (Å²) < 4.78 is 37.2. The molecule has 1 nitrogen and oxygen atoms in total. The standard InChI is InChI=1S/C13H14F3N.2C2H6/c14-13(15,16)11-6-4-9(5-7-11)10-2-1-3-12(17)8-10;2*1-2/h2,4-7,12H,1,3,8,17H2;2*1-2H3. The third kappa shape index (κ3) is 6.34. The highest BCUT2D eigenvalue weighted by Gasteiger charge is 2.30. The van der Waals surface area contributed by atoms with E-state index in [4.69, 9.17) is 5.73 Å². The predicted molar refractivity (Wildman–Crippen MR) is 83.9 cm³/mol. The molecular formula is C17H26F3N. The maximum Gasteiger partial charge on any atom is 0.416 e. The van der Waals surface area contributed by atoms with E-state index in [1.165, 1.54) is 12.1 Å². The summed E-state index contributed by atoms with van der Waals surface area (Å²) in [6.07, 6.45) is 0.384. The number of alkyl halides is 3. The van der Waals surface area contributed by atoms with Crippen molar-refractivity contribution in [2.45, 2.75) is 59.2 Å². The first-order valence-corrected chi connectivity index (χ1v) is 7.59. The zero-order valence-electron chi connectivity index (χ0n) is 13.3. The van der Waals surface area contributed by atoms with Gasteiger partial charge in [-0.1, -0.05) is 45.9 Å². The van der Waals surface area contributed by atoms with Crippen LogP contribution in [0.25, 0.3) is 5.57 Å². The molecule has 2 N–H and O–H groups in total. The number of nitrogens with two attached hydrogens (primary N) is 1. The van der Waals surface area contributed by atoms with E-state index in [0.717, 1.165) is 42.5 Å². The van der Waals surface area contributed by atoms with Crippen molar-refractivity contribution in [1.82, 2.24) is 0 Å². The Morgan fingerprint density at radius 1 is 1.00 bits per heavy atom. The maximum atomic E-state index is 12.4. The van der Waals surface area contributed by atoms with Crippen molar-refractivity contribution in [3.63, 3.8) is 0 Å². The summed E-state index contributed by atoms with van der Waals surface area (Å²) >= 11 is 0. The van der Waals surface area contributed by atoms with E-state index in [-0.39, 0.29) is 6.04 Å². The molecule has 0 aliphatic heterocycles. The van der Waals surface area contributed by atoms with Crippen LogP contribution in [0, 0.1) is 0 Å². The van der Waals surface area contributed by atoms with Crippen LogP contribution in [0.2, 0.25) is 0 Å². The summed E-state index contributed by atoms with van der Waals surface area (Å²) in [4.78, 5) is 0. The molecule has 0 amide bonds. The Bertz CT molecular complexity index is 419. The minimum absolute atomic E-state index is 0.122. The fraction of sp³-hybridized carbons (Fsp3) is 0.529. The Kier molecular flexibility index (Phi) is 9.02. The SMILES string of the molecule is CC.CC.NC1CCC=C(c2ccc(C(F)(F)F)cc2)C1. The van der Waals surface area contributed by atoms with Crippen LogP contribution >= 0.6 is 0 Å². The zero-order valence-corrected chi connectivity index (χ0v) is 13.3. The monoisotopic (exact) mass is 301 g/mol. The lowest BCUT2D eigenvalue weighted by atomic mass is 9.90. The Balaban J connectivity index is 0.000000921. The molecule has 21 heavy (non-hydrogen) atoms. The number of hydrogen-bond acceptors (Lipinski definition) is 1. The first-order valence-electron chi connectivity index (χ1n) is 7.59. The van der Waals surface area contributed by atoms with Crippen LogP contribution in [-0.2, 0) is 6.18 Å². The molecule has 1 aromatic carbocycles. The second kappa shape index (κ2) is 9.61. The smallest absolute Gasteiger partial charge is 0.327 e. The van der Waals surface area contributed by atoms with Crippen LogP contribution in [0.5, 0.6) is 0 Å². The van der Waals surface area contributed by atoms with Gasteiger partial charge in [0.25, 0.3) is 0 Å². The van der Waals surface area contributed by atoms with E-state index in [0.29, 0.717) is 0 Å². The second-order valence-electron chi connectivity index (χ2n) is 4.35. The number of halogens is 3. The summed E-state index contributed by atoms with van der Waals surface area (Å²) in [5.41, 5.74) is 7.13. The van der Waals surface area contributed by atoms with Crippen molar-refractivity contribution in [2.24, 2.45) is 5.73 Å². The maximum absolute atomic E-state index is 12.4. The van der Waals surface area contributed by atoms with E-state index in [2.05, 4.69) is 6.08 Å². The molecule has 1 aliphatic carbocycles. The second-order valence-corrected chi connectivity index (χ2v) is 4.35. The van der Waals surface area contributed by atoms with Crippen LogP contribution in [-0.4, -0.2) is 6.04 Å². The average Bonchev–Trinajstić information content (AvgIpc) is 2.51. The molecule has 0 fully saturated rings. The Morgan fingerprint density at radius 2 is 1.52 bits per heavy atom. The van der Waals surface area contributed by atoms with E-state index in [1.807, 2.05) is 27.7 Å². The number of hydrogen-bond donors (Lipinski definition) is 1. The zero-order chi connectivity index (χ0) is 16.5. The van der Waals surface area contributed by atoms with Crippen LogP contribution in [0.1, 0.15) is 58.1 Å². The van der Waals surface area contributed by atoms with Gasteiger partial charge in [0.1, 0.15) is 0 Å². The Hall–Kier alpha value is -1.29. The minimum atomic E-state index is -4.27.